The Morgan fingerprint density at radius 2 is 1.89 bits per heavy atom. The first-order valence-corrected chi connectivity index (χ1v) is 6.51. The Labute approximate surface area is 114 Å². The van der Waals surface area contributed by atoms with Gasteiger partial charge in [-0.25, -0.2) is 0 Å². The summed E-state index contributed by atoms with van der Waals surface area (Å²) in [5.74, 6) is 0.0605. The first kappa shape index (κ1) is 15.5. The van der Waals surface area contributed by atoms with Crippen LogP contribution in [0.25, 0.3) is 0 Å². The number of carboxylic acids is 1. The second kappa shape index (κ2) is 6.57. The van der Waals surface area contributed by atoms with E-state index in [1.165, 1.54) is 0 Å². The molecule has 1 aromatic carbocycles. The van der Waals surface area contributed by atoms with E-state index in [2.05, 4.69) is 5.32 Å². The number of carboxylic acid groups (broad SMARTS) is 1. The molecular weight excluding hydrogens is 242 g/mol. The fourth-order valence-electron chi connectivity index (χ4n) is 1.55. The predicted octanol–water partition coefficient (Wildman–Crippen LogP) is 2.67. The van der Waals surface area contributed by atoms with Crippen LogP contribution in [0.15, 0.2) is 24.3 Å². The summed E-state index contributed by atoms with van der Waals surface area (Å²) < 4.78 is 5.56. The van der Waals surface area contributed by atoms with Gasteiger partial charge >= 0.3 is 5.97 Å². The molecule has 0 saturated heterocycles. The first-order chi connectivity index (χ1) is 8.81. The van der Waals surface area contributed by atoms with Crippen molar-refractivity contribution in [1.29, 1.82) is 0 Å². The van der Waals surface area contributed by atoms with Gasteiger partial charge in [0.05, 0.1) is 11.5 Å². The van der Waals surface area contributed by atoms with Gasteiger partial charge in [0.15, 0.2) is 0 Å². The number of nitrogens with one attached hydrogen (secondary N) is 1. The highest BCUT2D eigenvalue weighted by atomic mass is 16.5. The molecule has 2 N–H and O–H groups in total. The molecule has 0 aromatic heterocycles. The van der Waals surface area contributed by atoms with Crippen LogP contribution in [-0.2, 0) is 11.3 Å². The summed E-state index contributed by atoms with van der Waals surface area (Å²) in [4.78, 5) is 11.0. The number of aliphatic carboxylic acids is 1. The predicted molar refractivity (Wildman–Crippen MR) is 75.3 cm³/mol. The van der Waals surface area contributed by atoms with Gasteiger partial charge in [0, 0.05) is 13.1 Å². The molecule has 0 radical (unpaired) electrons. The maximum Gasteiger partial charge on any atom is 0.310 e. The average molecular weight is 265 g/mol. The summed E-state index contributed by atoms with van der Waals surface area (Å²) in [6, 6.07) is 7.83. The molecule has 0 spiro atoms. The van der Waals surface area contributed by atoms with Crippen LogP contribution in [0.3, 0.4) is 0 Å². The van der Waals surface area contributed by atoms with Crippen LogP contribution in [0.4, 0.5) is 0 Å². The zero-order valence-corrected chi connectivity index (χ0v) is 12.1. The number of ether oxygens (including phenoxy) is 1. The largest absolute Gasteiger partial charge is 0.491 e. The van der Waals surface area contributed by atoms with Crippen molar-refractivity contribution < 1.29 is 14.6 Å². The molecule has 0 atom stereocenters. The second-order valence-electron chi connectivity index (χ2n) is 5.60. The zero-order chi connectivity index (χ0) is 14.5. The van der Waals surface area contributed by atoms with Crippen molar-refractivity contribution in [2.24, 2.45) is 5.41 Å². The van der Waals surface area contributed by atoms with Crippen molar-refractivity contribution in [3.63, 3.8) is 0 Å². The molecule has 0 bridgehead atoms. The van der Waals surface area contributed by atoms with Crippen molar-refractivity contribution in [1.82, 2.24) is 5.32 Å². The highest BCUT2D eigenvalue weighted by Crippen LogP contribution is 2.15. The molecule has 4 heteroatoms. The SMILES string of the molecule is CC(C)Oc1ccc(CNCC(C)(C)C(=O)O)cc1. The minimum Gasteiger partial charge on any atom is -0.491 e. The molecule has 106 valence electrons. The number of carbonyl (C=O) groups is 1. The molecule has 0 aliphatic rings. The van der Waals surface area contributed by atoms with Gasteiger partial charge in [-0.05, 0) is 45.4 Å². The second-order valence-corrected chi connectivity index (χ2v) is 5.60. The van der Waals surface area contributed by atoms with Crippen molar-refractivity contribution in [2.75, 3.05) is 6.54 Å². The molecule has 1 aromatic rings. The van der Waals surface area contributed by atoms with E-state index in [9.17, 15) is 4.79 Å². The fraction of sp³-hybridized carbons (Fsp3) is 0.533. The molecule has 0 heterocycles. The third kappa shape index (κ3) is 5.30. The van der Waals surface area contributed by atoms with Crippen LogP contribution in [0.2, 0.25) is 0 Å². The van der Waals surface area contributed by atoms with E-state index < -0.39 is 11.4 Å². The maximum atomic E-state index is 11.0. The molecule has 0 unspecified atom stereocenters. The number of benzene rings is 1. The highest BCUT2D eigenvalue weighted by molar-refractivity contribution is 5.73. The minimum absolute atomic E-state index is 0.167. The monoisotopic (exact) mass is 265 g/mol. The summed E-state index contributed by atoms with van der Waals surface area (Å²) in [7, 11) is 0. The number of rotatable bonds is 7. The van der Waals surface area contributed by atoms with Crippen LogP contribution in [0.1, 0.15) is 33.3 Å². The van der Waals surface area contributed by atoms with Crippen molar-refractivity contribution >= 4 is 5.97 Å². The Bertz CT molecular complexity index is 410. The summed E-state index contributed by atoms with van der Waals surface area (Å²) in [6.45, 7) is 8.49. The lowest BCUT2D eigenvalue weighted by atomic mass is 9.94. The van der Waals surface area contributed by atoms with Gasteiger partial charge in [0.1, 0.15) is 5.75 Å². The van der Waals surface area contributed by atoms with E-state index in [0.717, 1.165) is 11.3 Å². The normalized spacial score (nSPS) is 11.6. The smallest absolute Gasteiger partial charge is 0.310 e. The third-order valence-corrected chi connectivity index (χ3v) is 2.77. The lowest BCUT2D eigenvalue weighted by Gasteiger charge is -2.19. The Morgan fingerprint density at radius 1 is 1.32 bits per heavy atom. The summed E-state index contributed by atoms with van der Waals surface area (Å²) in [5.41, 5.74) is 0.359. The van der Waals surface area contributed by atoms with E-state index in [-0.39, 0.29) is 6.10 Å². The van der Waals surface area contributed by atoms with Crippen molar-refractivity contribution in [3.8, 4) is 5.75 Å². The third-order valence-electron chi connectivity index (χ3n) is 2.77. The fourth-order valence-corrected chi connectivity index (χ4v) is 1.55. The molecular formula is C15H23NO3. The van der Waals surface area contributed by atoms with Gasteiger partial charge < -0.3 is 15.2 Å². The van der Waals surface area contributed by atoms with E-state index in [1.54, 1.807) is 13.8 Å². The van der Waals surface area contributed by atoms with Crippen LogP contribution in [0, 0.1) is 5.41 Å². The highest BCUT2D eigenvalue weighted by Gasteiger charge is 2.26. The Hall–Kier alpha value is -1.55. The molecule has 0 fully saturated rings. The topological polar surface area (TPSA) is 58.6 Å². The molecule has 0 saturated carbocycles. The maximum absolute atomic E-state index is 11.0. The first-order valence-electron chi connectivity index (χ1n) is 6.51. The van der Waals surface area contributed by atoms with Gasteiger partial charge in [-0.1, -0.05) is 12.1 Å². The van der Waals surface area contributed by atoms with E-state index in [1.807, 2.05) is 38.1 Å². The van der Waals surface area contributed by atoms with Crippen LogP contribution in [-0.4, -0.2) is 23.7 Å². The standard InChI is InChI=1S/C15H23NO3/c1-11(2)19-13-7-5-12(6-8-13)9-16-10-15(3,4)14(17)18/h5-8,11,16H,9-10H2,1-4H3,(H,17,18). The zero-order valence-electron chi connectivity index (χ0n) is 12.1. The minimum atomic E-state index is -0.791. The molecule has 0 aliphatic carbocycles. The average Bonchev–Trinajstić information content (AvgIpc) is 2.30. The van der Waals surface area contributed by atoms with E-state index in [4.69, 9.17) is 9.84 Å². The molecule has 1 rings (SSSR count). The summed E-state index contributed by atoms with van der Waals surface area (Å²) in [5, 5.41) is 12.2. The molecule has 19 heavy (non-hydrogen) atoms. The lowest BCUT2D eigenvalue weighted by Crippen LogP contribution is -2.35. The Kier molecular flexibility index (Phi) is 5.36. The summed E-state index contributed by atoms with van der Waals surface area (Å²) in [6.07, 6.45) is 0.167. The van der Waals surface area contributed by atoms with Crippen molar-refractivity contribution in [3.05, 3.63) is 29.8 Å². The van der Waals surface area contributed by atoms with Crippen molar-refractivity contribution in [2.45, 2.75) is 40.3 Å². The number of hydrogen-bond acceptors (Lipinski definition) is 3. The van der Waals surface area contributed by atoms with Gasteiger partial charge in [0.2, 0.25) is 0 Å². The lowest BCUT2D eigenvalue weighted by molar-refractivity contribution is -0.146. The molecule has 0 amide bonds. The Balaban J connectivity index is 2.44. The van der Waals surface area contributed by atoms with Gasteiger partial charge in [-0.3, -0.25) is 4.79 Å². The number of hydrogen-bond donors (Lipinski definition) is 2. The Morgan fingerprint density at radius 3 is 2.37 bits per heavy atom. The van der Waals surface area contributed by atoms with Gasteiger partial charge in [-0.15, -0.1) is 0 Å². The van der Waals surface area contributed by atoms with Gasteiger partial charge in [-0.2, -0.15) is 0 Å². The summed E-state index contributed by atoms with van der Waals surface area (Å²) >= 11 is 0. The van der Waals surface area contributed by atoms with Crippen LogP contribution < -0.4 is 10.1 Å². The molecule has 4 nitrogen and oxygen atoms in total. The quantitative estimate of drug-likeness (QED) is 0.795. The van der Waals surface area contributed by atoms with Gasteiger partial charge in [0.25, 0.3) is 0 Å². The van der Waals surface area contributed by atoms with Crippen LogP contribution >= 0.6 is 0 Å². The van der Waals surface area contributed by atoms with E-state index in [0.29, 0.717) is 13.1 Å². The molecule has 0 aliphatic heterocycles. The van der Waals surface area contributed by atoms with Crippen LogP contribution in [0.5, 0.6) is 5.75 Å². The van der Waals surface area contributed by atoms with E-state index >= 15 is 0 Å².